The van der Waals surface area contributed by atoms with Gasteiger partial charge in [0.1, 0.15) is 17.1 Å². The Morgan fingerprint density at radius 2 is 1.33 bits per heavy atom. The minimum atomic E-state index is -1.11. The molecular formula is C18H14O6. The van der Waals surface area contributed by atoms with Gasteiger partial charge < -0.3 is 20.4 Å². The number of carboxylic acid groups (broad SMARTS) is 2. The largest absolute Gasteiger partial charge is 0.508 e. The molecule has 0 amide bonds. The number of rotatable bonds is 2. The summed E-state index contributed by atoms with van der Waals surface area (Å²) in [7, 11) is 0. The normalized spacial score (nSPS) is 9.83. The molecule has 0 aliphatic rings. The number of carboxylic acids is 2. The molecular weight excluding hydrogens is 312 g/mol. The lowest BCUT2D eigenvalue weighted by atomic mass is 10.0. The van der Waals surface area contributed by atoms with Crippen molar-refractivity contribution in [3.8, 4) is 11.5 Å². The number of aromatic carboxylic acids is 2. The van der Waals surface area contributed by atoms with Crippen LogP contribution >= 0.6 is 0 Å². The zero-order chi connectivity index (χ0) is 17.7. The minimum Gasteiger partial charge on any atom is -0.508 e. The average molecular weight is 326 g/mol. The molecule has 0 saturated carbocycles. The highest BCUT2D eigenvalue weighted by molar-refractivity contribution is 6.06. The van der Waals surface area contributed by atoms with Gasteiger partial charge in [-0.05, 0) is 41.1 Å². The van der Waals surface area contributed by atoms with E-state index in [4.69, 9.17) is 15.3 Å². The zero-order valence-corrected chi connectivity index (χ0v) is 12.4. The summed E-state index contributed by atoms with van der Waals surface area (Å²) in [5, 5.41) is 36.8. The molecule has 0 bridgehead atoms. The summed E-state index contributed by atoms with van der Waals surface area (Å²) in [6, 6.07) is 15.5. The van der Waals surface area contributed by atoms with Crippen LogP contribution in [0.5, 0.6) is 11.5 Å². The highest BCUT2D eigenvalue weighted by atomic mass is 16.4. The third kappa shape index (κ3) is 3.80. The Kier molecular flexibility index (Phi) is 5.01. The second-order valence-corrected chi connectivity index (χ2v) is 4.84. The van der Waals surface area contributed by atoms with Gasteiger partial charge in [-0.15, -0.1) is 0 Å². The number of phenolic OH excluding ortho intramolecular Hbond substituents is 1. The van der Waals surface area contributed by atoms with Crippen LogP contribution in [0.3, 0.4) is 0 Å². The summed E-state index contributed by atoms with van der Waals surface area (Å²) in [4.78, 5) is 21.1. The van der Waals surface area contributed by atoms with Gasteiger partial charge in [0.25, 0.3) is 0 Å². The SMILES string of the molecule is O=C(O)c1c(O)ccc2ccccc12.O=C(O)c1ccc(O)cc1. The average Bonchev–Trinajstić information content (AvgIpc) is 2.55. The van der Waals surface area contributed by atoms with E-state index in [0.29, 0.717) is 5.39 Å². The molecule has 6 heteroatoms. The molecule has 24 heavy (non-hydrogen) atoms. The van der Waals surface area contributed by atoms with E-state index in [0.717, 1.165) is 5.39 Å². The van der Waals surface area contributed by atoms with E-state index in [1.165, 1.54) is 30.3 Å². The maximum Gasteiger partial charge on any atom is 0.340 e. The van der Waals surface area contributed by atoms with Crippen molar-refractivity contribution in [2.24, 2.45) is 0 Å². The molecule has 0 fully saturated rings. The Morgan fingerprint density at radius 3 is 1.92 bits per heavy atom. The first-order chi connectivity index (χ1) is 11.4. The summed E-state index contributed by atoms with van der Waals surface area (Å²) in [5.74, 6) is -2.22. The van der Waals surface area contributed by atoms with Crippen LogP contribution in [0.25, 0.3) is 10.8 Å². The third-order valence-electron chi connectivity index (χ3n) is 3.24. The van der Waals surface area contributed by atoms with Crippen molar-refractivity contribution in [2.75, 3.05) is 0 Å². The van der Waals surface area contributed by atoms with Crippen LogP contribution in [-0.2, 0) is 0 Å². The molecule has 4 N–H and O–H groups in total. The van der Waals surface area contributed by atoms with Gasteiger partial charge in [0, 0.05) is 0 Å². The van der Waals surface area contributed by atoms with Crippen molar-refractivity contribution in [3.63, 3.8) is 0 Å². The summed E-state index contributed by atoms with van der Waals surface area (Å²) >= 11 is 0. The first kappa shape index (κ1) is 16.8. The Hall–Kier alpha value is -3.54. The lowest BCUT2D eigenvalue weighted by Gasteiger charge is -2.03. The highest BCUT2D eigenvalue weighted by Gasteiger charge is 2.12. The second kappa shape index (κ2) is 7.15. The molecule has 0 atom stereocenters. The van der Waals surface area contributed by atoms with E-state index >= 15 is 0 Å². The number of fused-ring (bicyclic) bond motifs is 1. The first-order valence-corrected chi connectivity index (χ1v) is 6.86. The summed E-state index contributed by atoms with van der Waals surface area (Å²) in [5.41, 5.74) is 0.140. The lowest BCUT2D eigenvalue weighted by molar-refractivity contribution is 0.0685. The van der Waals surface area contributed by atoms with Crippen molar-refractivity contribution >= 4 is 22.7 Å². The molecule has 6 nitrogen and oxygen atoms in total. The molecule has 0 saturated heterocycles. The van der Waals surface area contributed by atoms with Gasteiger partial charge in [-0.1, -0.05) is 30.3 Å². The predicted molar refractivity (Wildman–Crippen MR) is 87.6 cm³/mol. The van der Waals surface area contributed by atoms with E-state index in [-0.39, 0.29) is 22.6 Å². The first-order valence-electron chi connectivity index (χ1n) is 6.86. The van der Waals surface area contributed by atoms with Crippen molar-refractivity contribution in [1.29, 1.82) is 0 Å². The molecule has 0 aromatic heterocycles. The molecule has 0 spiro atoms. The van der Waals surface area contributed by atoms with Crippen LogP contribution in [0.2, 0.25) is 0 Å². The van der Waals surface area contributed by atoms with Crippen molar-refractivity contribution < 1.29 is 30.0 Å². The van der Waals surface area contributed by atoms with E-state index < -0.39 is 11.9 Å². The molecule has 0 heterocycles. The Labute approximate surface area is 136 Å². The molecule has 122 valence electrons. The van der Waals surface area contributed by atoms with Gasteiger partial charge in [0.2, 0.25) is 0 Å². The smallest absolute Gasteiger partial charge is 0.340 e. The third-order valence-corrected chi connectivity index (χ3v) is 3.24. The van der Waals surface area contributed by atoms with E-state index in [2.05, 4.69) is 0 Å². The maximum absolute atomic E-state index is 10.9. The van der Waals surface area contributed by atoms with Crippen molar-refractivity contribution in [2.45, 2.75) is 0 Å². The molecule has 0 aliphatic carbocycles. The number of aromatic hydroxyl groups is 2. The van der Waals surface area contributed by atoms with Gasteiger partial charge in [-0.2, -0.15) is 0 Å². The Morgan fingerprint density at radius 1 is 0.708 bits per heavy atom. The summed E-state index contributed by atoms with van der Waals surface area (Å²) in [6.45, 7) is 0. The molecule has 3 rings (SSSR count). The number of benzene rings is 3. The Balaban J connectivity index is 0.000000185. The van der Waals surface area contributed by atoms with Crippen LogP contribution in [0.4, 0.5) is 0 Å². The molecule has 3 aromatic carbocycles. The summed E-state index contributed by atoms with van der Waals surface area (Å²) < 4.78 is 0. The van der Waals surface area contributed by atoms with E-state index in [1.54, 1.807) is 24.3 Å². The predicted octanol–water partition coefficient (Wildman–Crippen LogP) is 3.33. The van der Waals surface area contributed by atoms with Crippen LogP contribution in [0.15, 0.2) is 60.7 Å². The highest BCUT2D eigenvalue weighted by Crippen LogP contribution is 2.26. The van der Waals surface area contributed by atoms with Gasteiger partial charge in [-0.3, -0.25) is 0 Å². The van der Waals surface area contributed by atoms with Gasteiger partial charge >= 0.3 is 11.9 Å². The topological polar surface area (TPSA) is 115 Å². The van der Waals surface area contributed by atoms with Gasteiger partial charge in [0.05, 0.1) is 5.56 Å². The number of carbonyl (C=O) groups is 2. The standard InChI is InChI=1S/C11H8O3.C7H6O3/c12-9-6-5-7-3-1-2-4-8(7)10(9)11(13)14;8-6-3-1-5(2-4-6)7(9)10/h1-6,12H,(H,13,14);1-4,8H,(H,9,10). The molecule has 3 aromatic rings. The van der Waals surface area contributed by atoms with Crippen LogP contribution in [-0.4, -0.2) is 32.4 Å². The van der Waals surface area contributed by atoms with Crippen LogP contribution < -0.4 is 0 Å². The fourth-order valence-electron chi connectivity index (χ4n) is 2.09. The number of hydrogen-bond donors (Lipinski definition) is 4. The zero-order valence-electron chi connectivity index (χ0n) is 12.4. The number of phenols is 2. The molecule has 0 radical (unpaired) electrons. The van der Waals surface area contributed by atoms with Crippen LogP contribution in [0, 0.1) is 0 Å². The molecule has 0 aliphatic heterocycles. The van der Waals surface area contributed by atoms with Crippen molar-refractivity contribution in [3.05, 3.63) is 71.8 Å². The minimum absolute atomic E-state index is 0.0388. The van der Waals surface area contributed by atoms with E-state index in [9.17, 15) is 14.7 Å². The quantitative estimate of drug-likeness (QED) is 0.574. The number of hydrogen-bond acceptors (Lipinski definition) is 4. The van der Waals surface area contributed by atoms with Gasteiger partial charge in [0.15, 0.2) is 0 Å². The van der Waals surface area contributed by atoms with Gasteiger partial charge in [-0.25, -0.2) is 9.59 Å². The fraction of sp³-hybridized carbons (Fsp3) is 0. The maximum atomic E-state index is 10.9. The summed E-state index contributed by atoms with van der Waals surface area (Å²) in [6.07, 6.45) is 0. The molecule has 0 unspecified atom stereocenters. The van der Waals surface area contributed by atoms with Crippen LogP contribution in [0.1, 0.15) is 20.7 Å². The van der Waals surface area contributed by atoms with Crippen molar-refractivity contribution in [1.82, 2.24) is 0 Å². The monoisotopic (exact) mass is 326 g/mol. The fourth-order valence-corrected chi connectivity index (χ4v) is 2.09. The van der Waals surface area contributed by atoms with E-state index in [1.807, 2.05) is 6.07 Å². The lowest BCUT2D eigenvalue weighted by Crippen LogP contribution is -1.97. The second-order valence-electron chi connectivity index (χ2n) is 4.84. The Bertz CT molecular complexity index is 884.